The minimum Gasteiger partial charge on any atom is -0.309 e. The van der Waals surface area contributed by atoms with Gasteiger partial charge >= 0.3 is 0 Å². The zero-order chi connectivity index (χ0) is 13.9. The van der Waals surface area contributed by atoms with Crippen molar-refractivity contribution in [2.45, 2.75) is 13.3 Å². The molecule has 0 fully saturated rings. The van der Waals surface area contributed by atoms with Crippen LogP contribution in [0.5, 0.6) is 0 Å². The van der Waals surface area contributed by atoms with E-state index in [0.29, 0.717) is 6.67 Å². The first kappa shape index (κ1) is 13.0. The van der Waals surface area contributed by atoms with E-state index in [1.54, 1.807) is 0 Å². The van der Waals surface area contributed by atoms with Crippen LogP contribution in [-0.2, 0) is 6.42 Å². The lowest BCUT2D eigenvalue weighted by molar-refractivity contribution is 0.807. The van der Waals surface area contributed by atoms with Gasteiger partial charge in [0.15, 0.2) is 0 Å². The summed E-state index contributed by atoms with van der Waals surface area (Å²) in [5.41, 5.74) is 6.54. The topological polar surface area (TPSA) is 27.6 Å². The second-order valence-corrected chi connectivity index (χ2v) is 5.29. The van der Waals surface area contributed by atoms with Crippen LogP contribution >= 0.6 is 11.6 Å². The average molecular weight is 286 g/mol. The fraction of sp³-hybridized carbons (Fsp3) is 0.188. The number of rotatable bonds is 3. The summed E-state index contributed by atoms with van der Waals surface area (Å²) in [6.45, 7) is 2.79. The summed E-state index contributed by atoms with van der Waals surface area (Å²) in [6, 6.07) is 16.3. The number of hydrogen-bond acceptors (Lipinski definition) is 3. The van der Waals surface area contributed by atoms with Gasteiger partial charge in [0.1, 0.15) is 12.5 Å². The van der Waals surface area contributed by atoms with Crippen LogP contribution in [0.2, 0.25) is 5.02 Å². The summed E-state index contributed by atoms with van der Waals surface area (Å²) in [4.78, 5) is 2.18. The number of aryl methyl sites for hydroxylation is 1. The molecule has 1 aliphatic rings. The lowest BCUT2D eigenvalue weighted by atomic mass is 10.1. The van der Waals surface area contributed by atoms with Gasteiger partial charge in [0, 0.05) is 17.1 Å². The largest absolute Gasteiger partial charge is 0.309 e. The van der Waals surface area contributed by atoms with Gasteiger partial charge in [-0.2, -0.15) is 5.10 Å². The first-order valence-corrected chi connectivity index (χ1v) is 6.99. The Morgan fingerprint density at radius 3 is 2.85 bits per heavy atom. The van der Waals surface area contributed by atoms with Crippen molar-refractivity contribution in [2.75, 3.05) is 11.6 Å². The fourth-order valence-corrected chi connectivity index (χ4v) is 2.53. The summed E-state index contributed by atoms with van der Waals surface area (Å²) in [7, 11) is 0. The van der Waals surface area contributed by atoms with E-state index in [9.17, 15) is 0 Å². The molecule has 3 nitrogen and oxygen atoms in total. The summed E-state index contributed by atoms with van der Waals surface area (Å²) in [5, 5.41) is 5.18. The monoisotopic (exact) mass is 285 g/mol. The van der Waals surface area contributed by atoms with E-state index >= 15 is 0 Å². The number of nitrogens with one attached hydrogen (secondary N) is 1. The van der Waals surface area contributed by atoms with Gasteiger partial charge in [-0.05, 0) is 36.2 Å². The molecule has 1 heterocycles. The quantitative estimate of drug-likeness (QED) is 0.933. The molecule has 20 heavy (non-hydrogen) atoms. The predicted molar refractivity (Wildman–Crippen MR) is 84.3 cm³/mol. The number of hydrogen-bond donors (Lipinski definition) is 1. The molecule has 2 aromatic carbocycles. The third kappa shape index (κ3) is 2.63. The Morgan fingerprint density at radius 1 is 1.20 bits per heavy atom. The van der Waals surface area contributed by atoms with E-state index in [4.69, 9.17) is 11.6 Å². The predicted octanol–water partition coefficient (Wildman–Crippen LogP) is 3.57. The summed E-state index contributed by atoms with van der Waals surface area (Å²) in [6.07, 6.45) is 0.723. The van der Waals surface area contributed by atoms with E-state index in [-0.39, 0.29) is 0 Å². The van der Waals surface area contributed by atoms with Gasteiger partial charge in [-0.1, -0.05) is 41.9 Å². The van der Waals surface area contributed by atoms with Crippen LogP contribution in [0.4, 0.5) is 5.69 Å². The van der Waals surface area contributed by atoms with Gasteiger partial charge in [0.2, 0.25) is 0 Å². The molecule has 0 atom stereocenters. The average Bonchev–Trinajstić information content (AvgIpc) is 2.90. The van der Waals surface area contributed by atoms with Crippen LogP contribution in [0.25, 0.3) is 0 Å². The fourth-order valence-electron chi connectivity index (χ4n) is 2.33. The standard InChI is InChI=1S/C16H16ClN3/c1-12-5-4-7-14(9-12)20-11-18-19-16(20)10-13-6-2-3-8-15(13)17/h2-9,18H,10-11H2,1H3. The van der Waals surface area contributed by atoms with Gasteiger partial charge < -0.3 is 4.90 Å². The number of hydrazone groups is 1. The summed E-state index contributed by atoms with van der Waals surface area (Å²) >= 11 is 6.23. The molecule has 1 aliphatic heterocycles. The highest BCUT2D eigenvalue weighted by atomic mass is 35.5. The second kappa shape index (κ2) is 5.55. The molecule has 0 aromatic heterocycles. The maximum Gasteiger partial charge on any atom is 0.135 e. The van der Waals surface area contributed by atoms with Gasteiger partial charge in [0.25, 0.3) is 0 Å². The van der Waals surface area contributed by atoms with Crippen molar-refractivity contribution in [3.63, 3.8) is 0 Å². The van der Waals surface area contributed by atoms with Gasteiger partial charge in [-0.3, -0.25) is 5.43 Å². The highest BCUT2D eigenvalue weighted by molar-refractivity contribution is 6.31. The Labute approximate surface area is 123 Å². The van der Waals surface area contributed by atoms with Gasteiger partial charge in [-0.25, -0.2) is 0 Å². The molecule has 102 valence electrons. The van der Waals surface area contributed by atoms with E-state index in [1.807, 2.05) is 24.3 Å². The SMILES string of the molecule is Cc1cccc(N2CNN=C2Cc2ccccc2Cl)c1. The molecule has 0 saturated heterocycles. The maximum absolute atomic E-state index is 6.23. The zero-order valence-electron chi connectivity index (χ0n) is 11.3. The van der Waals surface area contributed by atoms with Crippen molar-refractivity contribution >= 4 is 23.1 Å². The van der Waals surface area contributed by atoms with Crippen molar-refractivity contribution in [1.82, 2.24) is 5.43 Å². The number of amidine groups is 1. The minimum atomic E-state index is 0.698. The molecule has 4 heteroatoms. The second-order valence-electron chi connectivity index (χ2n) is 4.88. The van der Waals surface area contributed by atoms with Crippen LogP contribution < -0.4 is 10.3 Å². The third-order valence-corrected chi connectivity index (χ3v) is 3.74. The van der Waals surface area contributed by atoms with Gasteiger partial charge in [-0.15, -0.1) is 0 Å². The number of benzene rings is 2. The molecule has 3 rings (SSSR count). The first-order chi connectivity index (χ1) is 9.74. The molecule has 2 aromatic rings. The Kier molecular flexibility index (Phi) is 3.61. The Bertz CT molecular complexity index is 652. The molecule has 0 spiro atoms. The number of anilines is 1. The van der Waals surface area contributed by atoms with Crippen molar-refractivity contribution in [3.05, 3.63) is 64.7 Å². The van der Waals surface area contributed by atoms with E-state index < -0.39 is 0 Å². The third-order valence-electron chi connectivity index (χ3n) is 3.37. The first-order valence-electron chi connectivity index (χ1n) is 6.61. The van der Waals surface area contributed by atoms with Crippen LogP contribution in [-0.4, -0.2) is 12.5 Å². The van der Waals surface area contributed by atoms with Gasteiger partial charge in [0.05, 0.1) is 0 Å². The molecule has 0 saturated carbocycles. The van der Waals surface area contributed by atoms with E-state index in [1.165, 1.54) is 5.56 Å². The highest BCUT2D eigenvalue weighted by Crippen LogP contribution is 2.22. The van der Waals surface area contributed by atoms with E-state index in [2.05, 4.69) is 46.6 Å². The molecule has 0 radical (unpaired) electrons. The Balaban J connectivity index is 1.85. The van der Waals surface area contributed by atoms with Crippen LogP contribution in [0, 0.1) is 6.92 Å². The normalized spacial score (nSPS) is 14.1. The Morgan fingerprint density at radius 2 is 2.05 bits per heavy atom. The smallest absolute Gasteiger partial charge is 0.135 e. The molecular weight excluding hydrogens is 270 g/mol. The minimum absolute atomic E-state index is 0.698. The van der Waals surface area contributed by atoms with E-state index in [0.717, 1.165) is 28.5 Å². The van der Waals surface area contributed by atoms with Crippen molar-refractivity contribution in [2.24, 2.45) is 5.10 Å². The van der Waals surface area contributed by atoms with Crippen LogP contribution in [0.3, 0.4) is 0 Å². The van der Waals surface area contributed by atoms with Crippen molar-refractivity contribution in [3.8, 4) is 0 Å². The van der Waals surface area contributed by atoms with Crippen LogP contribution in [0.1, 0.15) is 11.1 Å². The molecule has 0 aliphatic carbocycles. The van der Waals surface area contributed by atoms with Crippen molar-refractivity contribution < 1.29 is 0 Å². The lowest BCUT2D eigenvalue weighted by Crippen LogP contribution is -2.30. The number of halogens is 1. The molecule has 0 bridgehead atoms. The summed E-state index contributed by atoms with van der Waals surface area (Å²) < 4.78 is 0. The lowest BCUT2D eigenvalue weighted by Gasteiger charge is -2.20. The number of nitrogens with zero attached hydrogens (tertiary/aromatic N) is 2. The Hall–Kier alpha value is -2.00. The maximum atomic E-state index is 6.23. The summed E-state index contributed by atoms with van der Waals surface area (Å²) in [5.74, 6) is 0.990. The highest BCUT2D eigenvalue weighted by Gasteiger charge is 2.19. The molecule has 0 amide bonds. The van der Waals surface area contributed by atoms with Crippen LogP contribution in [0.15, 0.2) is 53.6 Å². The molecule has 0 unspecified atom stereocenters. The molecule has 1 N–H and O–H groups in total. The van der Waals surface area contributed by atoms with Crippen molar-refractivity contribution in [1.29, 1.82) is 0 Å². The zero-order valence-corrected chi connectivity index (χ0v) is 12.1. The molecular formula is C16H16ClN3.